The lowest BCUT2D eigenvalue weighted by atomic mass is 9.89. The van der Waals surface area contributed by atoms with Crippen LogP contribution in [0.2, 0.25) is 5.02 Å². The van der Waals surface area contributed by atoms with Crippen LogP contribution in [-0.4, -0.2) is 47.2 Å². The van der Waals surface area contributed by atoms with Crippen LogP contribution < -0.4 is 4.74 Å². The van der Waals surface area contributed by atoms with Crippen molar-refractivity contribution in [2.75, 3.05) is 19.7 Å². The third-order valence-corrected chi connectivity index (χ3v) is 5.55. The maximum Gasteiger partial charge on any atom is 0.272 e. The molecule has 3 heterocycles. The standard InChI is InChI=1S/C21H23ClN2O3/c1-15-6-4-8-18(23-15)20(25)24-11-5-10-21(14-24)12-16(13-26-21)27-19-9-3-2-7-17(19)22/h2-4,6-9,16H,5,10-14H2,1H3/t16-,21-/m1/s1. The van der Waals surface area contributed by atoms with Crippen LogP contribution in [0.4, 0.5) is 0 Å². The fraction of sp³-hybridized carbons (Fsp3) is 0.429. The monoisotopic (exact) mass is 386 g/mol. The number of halogens is 1. The molecule has 2 atom stereocenters. The largest absolute Gasteiger partial charge is 0.486 e. The second-order valence-corrected chi connectivity index (χ2v) is 7.77. The summed E-state index contributed by atoms with van der Waals surface area (Å²) in [6.45, 7) is 3.71. The van der Waals surface area contributed by atoms with Crippen molar-refractivity contribution in [2.45, 2.75) is 37.9 Å². The number of amides is 1. The maximum absolute atomic E-state index is 12.9. The van der Waals surface area contributed by atoms with Crippen LogP contribution in [0, 0.1) is 6.92 Å². The molecule has 1 aromatic heterocycles. The number of carbonyl (C=O) groups excluding carboxylic acids is 1. The van der Waals surface area contributed by atoms with Gasteiger partial charge < -0.3 is 14.4 Å². The zero-order valence-electron chi connectivity index (χ0n) is 15.4. The fourth-order valence-corrected chi connectivity index (χ4v) is 4.16. The van der Waals surface area contributed by atoms with E-state index in [0.717, 1.165) is 31.5 Å². The van der Waals surface area contributed by atoms with E-state index in [-0.39, 0.29) is 17.6 Å². The molecule has 1 aromatic carbocycles. The summed E-state index contributed by atoms with van der Waals surface area (Å²) < 4.78 is 12.2. The third-order valence-electron chi connectivity index (χ3n) is 5.24. The van der Waals surface area contributed by atoms with E-state index in [1.54, 1.807) is 6.07 Å². The van der Waals surface area contributed by atoms with Gasteiger partial charge in [-0.05, 0) is 44.0 Å². The SMILES string of the molecule is Cc1cccc(C(=O)N2CCC[C@@]3(C[C@@H](Oc4ccccc4Cl)CO3)C2)n1. The minimum absolute atomic E-state index is 0.0307. The van der Waals surface area contributed by atoms with Crippen LogP contribution in [-0.2, 0) is 4.74 Å². The van der Waals surface area contributed by atoms with Crippen molar-refractivity contribution in [3.05, 3.63) is 58.9 Å². The number of hydrogen-bond donors (Lipinski definition) is 0. The molecule has 6 heteroatoms. The molecule has 0 bridgehead atoms. The third kappa shape index (κ3) is 3.94. The highest BCUT2D eigenvalue weighted by Gasteiger charge is 2.45. The number of pyridine rings is 1. The van der Waals surface area contributed by atoms with Crippen molar-refractivity contribution in [3.63, 3.8) is 0 Å². The summed E-state index contributed by atoms with van der Waals surface area (Å²) in [5.41, 5.74) is 0.996. The number of piperidine rings is 1. The highest BCUT2D eigenvalue weighted by molar-refractivity contribution is 6.32. The molecule has 4 rings (SSSR count). The lowest BCUT2D eigenvalue weighted by Crippen LogP contribution is -2.50. The van der Waals surface area contributed by atoms with Crippen LogP contribution in [0.15, 0.2) is 42.5 Å². The number of para-hydroxylation sites is 1. The zero-order chi connectivity index (χ0) is 18.9. The Hall–Kier alpha value is -2.11. The molecule has 0 N–H and O–H groups in total. The van der Waals surface area contributed by atoms with E-state index >= 15 is 0 Å². The van der Waals surface area contributed by atoms with E-state index in [9.17, 15) is 4.79 Å². The Kier molecular flexibility index (Phi) is 5.06. The number of aromatic nitrogens is 1. The number of carbonyl (C=O) groups is 1. The molecule has 0 saturated carbocycles. The predicted molar refractivity (Wildman–Crippen MR) is 103 cm³/mol. The molecule has 2 aliphatic heterocycles. The van der Waals surface area contributed by atoms with Crippen molar-refractivity contribution >= 4 is 17.5 Å². The molecule has 142 valence electrons. The molecule has 1 amide bonds. The van der Waals surface area contributed by atoms with Crippen LogP contribution in [0.3, 0.4) is 0 Å². The van der Waals surface area contributed by atoms with Crippen LogP contribution in [0.25, 0.3) is 0 Å². The number of likely N-dealkylation sites (tertiary alicyclic amines) is 1. The molecular formula is C21H23ClN2O3. The van der Waals surface area contributed by atoms with E-state index in [1.807, 2.05) is 48.2 Å². The molecule has 0 unspecified atom stereocenters. The Balaban J connectivity index is 1.43. The van der Waals surface area contributed by atoms with Gasteiger partial charge in [0, 0.05) is 18.7 Å². The second-order valence-electron chi connectivity index (χ2n) is 7.36. The summed E-state index contributed by atoms with van der Waals surface area (Å²) in [5, 5.41) is 0.601. The number of hydrogen-bond acceptors (Lipinski definition) is 4. The Morgan fingerprint density at radius 3 is 2.96 bits per heavy atom. The van der Waals surface area contributed by atoms with Crippen molar-refractivity contribution in [3.8, 4) is 5.75 Å². The number of benzene rings is 1. The first-order valence-corrected chi connectivity index (χ1v) is 9.71. The average Bonchev–Trinajstić information content (AvgIpc) is 3.05. The summed E-state index contributed by atoms with van der Waals surface area (Å²) in [6, 6.07) is 13.0. The smallest absolute Gasteiger partial charge is 0.272 e. The molecule has 2 aliphatic rings. The Morgan fingerprint density at radius 2 is 2.15 bits per heavy atom. The Morgan fingerprint density at radius 1 is 1.30 bits per heavy atom. The maximum atomic E-state index is 12.9. The lowest BCUT2D eigenvalue weighted by Gasteiger charge is -2.39. The minimum Gasteiger partial charge on any atom is -0.486 e. The first kappa shape index (κ1) is 18.3. The van der Waals surface area contributed by atoms with Gasteiger partial charge in [-0.1, -0.05) is 29.8 Å². The van der Waals surface area contributed by atoms with Gasteiger partial charge in [0.15, 0.2) is 0 Å². The quantitative estimate of drug-likeness (QED) is 0.803. The Bertz CT molecular complexity index is 844. The number of rotatable bonds is 3. The number of aryl methyl sites for hydroxylation is 1. The number of ether oxygens (including phenoxy) is 2. The van der Waals surface area contributed by atoms with Gasteiger partial charge in [0.25, 0.3) is 5.91 Å². The van der Waals surface area contributed by atoms with Gasteiger partial charge in [0.2, 0.25) is 0 Å². The van der Waals surface area contributed by atoms with Gasteiger partial charge in [0.1, 0.15) is 17.5 Å². The Labute approximate surface area is 164 Å². The van der Waals surface area contributed by atoms with Gasteiger partial charge in [-0.3, -0.25) is 4.79 Å². The van der Waals surface area contributed by atoms with Crippen molar-refractivity contribution in [1.29, 1.82) is 0 Å². The van der Waals surface area contributed by atoms with E-state index in [1.165, 1.54) is 0 Å². The van der Waals surface area contributed by atoms with Gasteiger partial charge in [-0.15, -0.1) is 0 Å². The van der Waals surface area contributed by atoms with Gasteiger partial charge >= 0.3 is 0 Å². The summed E-state index contributed by atoms with van der Waals surface area (Å²) in [4.78, 5) is 19.1. The minimum atomic E-state index is -0.344. The zero-order valence-corrected chi connectivity index (χ0v) is 16.1. The fourth-order valence-electron chi connectivity index (χ4n) is 3.98. The van der Waals surface area contributed by atoms with Crippen molar-refractivity contribution in [2.24, 2.45) is 0 Å². The van der Waals surface area contributed by atoms with Crippen LogP contribution in [0.5, 0.6) is 5.75 Å². The summed E-state index contributed by atoms with van der Waals surface area (Å²) >= 11 is 6.20. The number of nitrogens with zero attached hydrogens (tertiary/aromatic N) is 2. The molecule has 2 fully saturated rings. The summed E-state index contributed by atoms with van der Waals surface area (Å²) in [6.07, 6.45) is 2.54. The summed E-state index contributed by atoms with van der Waals surface area (Å²) in [5.74, 6) is 0.648. The molecule has 2 aromatic rings. The van der Waals surface area contributed by atoms with E-state index in [0.29, 0.717) is 29.6 Å². The van der Waals surface area contributed by atoms with E-state index in [4.69, 9.17) is 21.1 Å². The first-order valence-electron chi connectivity index (χ1n) is 9.33. The van der Waals surface area contributed by atoms with Crippen molar-refractivity contribution < 1.29 is 14.3 Å². The molecule has 0 aliphatic carbocycles. The first-order chi connectivity index (χ1) is 13.0. The molecule has 1 spiro atoms. The van der Waals surface area contributed by atoms with Crippen LogP contribution >= 0.6 is 11.6 Å². The normalized spacial score (nSPS) is 25.0. The van der Waals surface area contributed by atoms with Crippen molar-refractivity contribution in [1.82, 2.24) is 9.88 Å². The lowest BCUT2D eigenvalue weighted by molar-refractivity contribution is -0.0454. The topological polar surface area (TPSA) is 51.7 Å². The molecule has 27 heavy (non-hydrogen) atoms. The highest BCUT2D eigenvalue weighted by Crippen LogP contribution is 2.37. The summed E-state index contributed by atoms with van der Waals surface area (Å²) in [7, 11) is 0. The molecular weight excluding hydrogens is 364 g/mol. The molecule has 0 radical (unpaired) electrons. The van der Waals surface area contributed by atoms with Gasteiger partial charge in [-0.2, -0.15) is 0 Å². The second kappa shape index (κ2) is 7.49. The van der Waals surface area contributed by atoms with E-state index in [2.05, 4.69) is 4.98 Å². The van der Waals surface area contributed by atoms with E-state index < -0.39 is 0 Å². The highest BCUT2D eigenvalue weighted by atomic mass is 35.5. The predicted octanol–water partition coefficient (Wildman–Crippen LogP) is 3.89. The molecule has 5 nitrogen and oxygen atoms in total. The molecule has 2 saturated heterocycles. The van der Waals surface area contributed by atoms with Crippen LogP contribution in [0.1, 0.15) is 35.4 Å². The van der Waals surface area contributed by atoms with Gasteiger partial charge in [0.05, 0.1) is 23.8 Å². The van der Waals surface area contributed by atoms with Gasteiger partial charge in [-0.25, -0.2) is 4.98 Å². The average molecular weight is 387 g/mol.